The van der Waals surface area contributed by atoms with Gasteiger partial charge in [0.2, 0.25) is 5.89 Å². The predicted molar refractivity (Wildman–Crippen MR) is 59.7 cm³/mol. The molecule has 0 atom stereocenters. The molecule has 0 saturated carbocycles. The molecular weight excluding hydrogens is 206 g/mol. The number of benzene rings is 1. The standard InChI is InChI=1S/C12H13NO3/c1-3-15-11-8-9(4-5-10(11)14-2)12-13-6-7-16-12/h4-8H,3H2,1-2H3. The van der Waals surface area contributed by atoms with Crippen LogP contribution in [0.1, 0.15) is 6.92 Å². The van der Waals surface area contributed by atoms with E-state index < -0.39 is 0 Å². The number of methoxy groups -OCH3 is 1. The first-order valence-electron chi connectivity index (χ1n) is 5.06. The van der Waals surface area contributed by atoms with E-state index >= 15 is 0 Å². The lowest BCUT2D eigenvalue weighted by Crippen LogP contribution is -1.95. The zero-order valence-corrected chi connectivity index (χ0v) is 9.27. The molecule has 2 rings (SSSR count). The quantitative estimate of drug-likeness (QED) is 0.793. The molecule has 4 nitrogen and oxygen atoms in total. The number of nitrogens with zero attached hydrogens (tertiary/aromatic N) is 1. The molecule has 1 aromatic heterocycles. The maximum atomic E-state index is 5.47. The maximum Gasteiger partial charge on any atom is 0.225 e. The topological polar surface area (TPSA) is 44.5 Å². The summed E-state index contributed by atoms with van der Waals surface area (Å²) in [6, 6.07) is 5.58. The highest BCUT2D eigenvalue weighted by molar-refractivity contribution is 5.59. The van der Waals surface area contributed by atoms with Crippen LogP contribution in [0.4, 0.5) is 0 Å². The van der Waals surface area contributed by atoms with Crippen molar-refractivity contribution in [3.05, 3.63) is 30.7 Å². The molecular formula is C12H13NO3. The summed E-state index contributed by atoms with van der Waals surface area (Å²) >= 11 is 0. The van der Waals surface area contributed by atoms with Gasteiger partial charge in [0.1, 0.15) is 6.26 Å². The lowest BCUT2D eigenvalue weighted by molar-refractivity contribution is 0.311. The van der Waals surface area contributed by atoms with Gasteiger partial charge in [-0.05, 0) is 25.1 Å². The molecule has 0 unspecified atom stereocenters. The van der Waals surface area contributed by atoms with Crippen LogP contribution in [-0.4, -0.2) is 18.7 Å². The Bertz CT molecular complexity index is 451. The first kappa shape index (κ1) is 10.5. The Morgan fingerprint density at radius 3 is 2.81 bits per heavy atom. The van der Waals surface area contributed by atoms with Crippen LogP contribution >= 0.6 is 0 Å². The second kappa shape index (κ2) is 4.70. The smallest absolute Gasteiger partial charge is 0.225 e. The van der Waals surface area contributed by atoms with Crippen LogP contribution in [0.25, 0.3) is 11.5 Å². The van der Waals surface area contributed by atoms with E-state index in [0.717, 1.165) is 5.56 Å². The number of oxazole rings is 1. The molecule has 0 fully saturated rings. The lowest BCUT2D eigenvalue weighted by Gasteiger charge is -2.09. The van der Waals surface area contributed by atoms with E-state index in [1.807, 2.05) is 25.1 Å². The van der Waals surface area contributed by atoms with E-state index in [4.69, 9.17) is 13.9 Å². The van der Waals surface area contributed by atoms with Crippen LogP contribution in [0.5, 0.6) is 11.5 Å². The van der Waals surface area contributed by atoms with Crippen molar-refractivity contribution in [2.24, 2.45) is 0 Å². The van der Waals surface area contributed by atoms with Crippen molar-refractivity contribution in [1.29, 1.82) is 0 Å². The van der Waals surface area contributed by atoms with E-state index in [1.54, 1.807) is 19.6 Å². The Balaban J connectivity index is 2.39. The number of ether oxygens (including phenoxy) is 2. The molecule has 16 heavy (non-hydrogen) atoms. The summed E-state index contributed by atoms with van der Waals surface area (Å²) < 4.78 is 15.9. The van der Waals surface area contributed by atoms with Gasteiger partial charge in [0.15, 0.2) is 11.5 Å². The molecule has 1 aromatic carbocycles. The van der Waals surface area contributed by atoms with Gasteiger partial charge in [-0.2, -0.15) is 0 Å². The Labute approximate surface area is 93.8 Å². The zero-order chi connectivity index (χ0) is 11.4. The summed E-state index contributed by atoms with van der Waals surface area (Å²) in [4.78, 5) is 4.08. The molecule has 0 N–H and O–H groups in total. The maximum absolute atomic E-state index is 5.47. The molecule has 0 bridgehead atoms. The van der Waals surface area contributed by atoms with Gasteiger partial charge in [0.25, 0.3) is 0 Å². The van der Waals surface area contributed by atoms with Gasteiger partial charge in [0, 0.05) is 5.56 Å². The van der Waals surface area contributed by atoms with Crippen molar-refractivity contribution in [3.63, 3.8) is 0 Å². The van der Waals surface area contributed by atoms with E-state index in [2.05, 4.69) is 4.98 Å². The minimum atomic E-state index is 0.573. The Hall–Kier alpha value is -1.97. The van der Waals surface area contributed by atoms with E-state index in [9.17, 15) is 0 Å². The first-order valence-corrected chi connectivity index (χ1v) is 5.06. The average Bonchev–Trinajstić information content (AvgIpc) is 2.83. The van der Waals surface area contributed by atoms with Gasteiger partial charge in [0.05, 0.1) is 19.9 Å². The highest BCUT2D eigenvalue weighted by Gasteiger charge is 2.08. The van der Waals surface area contributed by atoms with Gasteiger partial charge >= 0.3 is 0 Å². The van der Waals surface area contributed by atoms with E-state index in [1.165, 1.54) is 0 Å². The van der Waals surface area contributed by atoms with Crippen LogP contribution in [0, 0.1) is 0 Å². The molecule has 0 aliphatic rings. The summed E-state index contributed by atoms with van der Waals surface area (Å²) in [6.45, 7) is 2.52. The Morgan fingerprint density at radius 1 is 1.31 bits per heavy atom. The fraction of sp³-hybridized carbons (Fsp3) is 0.250. The zero-order valence-electron chi connectivity index (χ0n) is 9.27. The lowest BCUT2D eigenvalue weighted by atomic mass is 10.2. The monoisotopic (exact) mass is 219 g/mol. The van der Waals surface area contributed by atoms with Crippen molar-refractivity contribution >= 4 is 0 Å². The van der Waals surface area contributed by atoms with Crippen LogP contribution in [-0.2, 0) is 0 Å². The normalized spacial score (nSPS) is 10.1. The van der Waals surface area contributed by atoms with Crippen molar-refractivity contribution in [1.82, 2.24) is 4.98 Å². The molecule has 0 aliphatic heterocycles. The first-order chi connectivity index (χ1) is 7.85. The highest BCUT2D eigenvalue weighted by atomic mass is 16.5. The molecule has 0 amide bonds. The van der Waals surface area contributed by atoms with Crippen LogP contribution < -0.4 is 9.47 Å². The van der Waals surface area contributed by atoms with Crippen molar-refractivity contribution in [2.45, 2.75) is 6.92 Å². The van der Waals surface area contributed by atoms with Gasteiger partial charge in [-0.25, -0.2) is 4.98 Å². The third-order valence-electron chi connectivity index (χ3n) is 2.14. The van der Waals surface area contributed by atoms with Crippen molar-refractivity contribution in [2.75, 3.05) is 13.7 Å². The van der Waals surface area contributed by atoms with Crippen LogP contribution in [0.3, 0.4) is 0 Å². The van der Waals surface area contributed by atoms with Crippen LogP contribution in [0.2, 0.25) is 0 Å². The predicted octanol–water partition coefficient (Wildman–Crippen LogP) is 2.75. The van der Waals surface area contributed by atoms with Crippen molar-refractivity contribution < 1.29 is 13.9 Å². The van der Waals surface area contributed by atoms with E-state index in [0.29, 0.717) is 24.0 Å². The number of aromatic nitrogens is 1. The summed E-state index contributed by atoms with van der Waals surface area (Å²) in [5.74, 6) is 1.97. The molecule has 0 spiro atoms. The van der Waals surface area contributed by atoms with Gasteiger partial charge in [-0.1, -0.05) is 0 Å². The third-order valence-corrected chi connectivity index (χ3v) is 2.14. The number of rotatable bonds is 4. The van der Waals surface area contributed by atoms with E-state index in [-0.39, 0.29) is 0 Å². The highest BCUT2D eigenvalue weighted by Crippen LogP contribution is 2.31. The summed E-state index contributed by atoms with van der Waals surface area (Å²) in [7, 11) is 1.61. The Kier molecular flexibility index (Phi) is 3.10. The molecule has 0 aliphatic carbocycles. The fourth-order valence-corrected chi connectivity index (χ4v) is 1.44. The molecule has 0 saturated heterocycles. The fourth-order valence-electron chi connectivity index (χ4n) is 1.44. The summed E-state index contributed by atoms with van der Waals surface area (Å²) in [5.41, 5.74) is 0.870. The molecule has 84 valence electrons. The second-order valence-corrected chi connectivity index (χ2v) is 3.14. The number of hydrogen-bond donors (Lipinski definition) is 0. The second-order valence-electron chi connectivity index (χ2n) is 3.14. The van der Waals surface area contributed by atoms with Gasteiger partial charge < -0.3 is 13.9 Å². The number of hydrogen-bond acceptors (Lipinski definition) is 4. The molecule has 0 radical (unpaired) electrons. The van der Waals surface area contributed by atoms with Crippen molar-refractivity contribution in [3.8, 4) is 23.0 Å². The summed E-state index contributed by atoms with van der Waals surface area (Å²) in [5, 5.41) is 0. The van der Waals surface area contributed by atoms with Crippen LogP contribution in [0.15, 0.2) is 35.1 Å². The minimum absolute atomic E-state index is 0.573. The molecule has 1 heterocycles. The van der Waals surface area contributed by atoms with Gasteiger partial charge in [-0.3, -0.25) is 0 Å². The molecule has 2 aromatic rings. The average molecular weight is 219 g/mol. The summed E-state index contributed by atoms with van der Waals surface area (Å²) in [6.07, 6.45) is 3.15. The molecule has 4 heteroatoms. The minimum Gasteiger partial charge on any atom is -0.493 e. The Morgan fingerprint density at radius 2 is 2.19 bits per heavy atom. The van der Waals surface area contributed by atoms with Gasteiger partial charge in [-0.15, -0.1) is 0 Å². The largest absolute Gasteiger partial charge is 0.493 e. The SMILES string of the molecule is CCOc1cc(-c2ncco2)ccc1OC. The third kappa shape index (κ3) is 2.00.